The van der Waals surface area contributed by atoms with Crippen molar-refractivity contribution in [3.8, 4) is 28.3 Å². The van der Waals surface area contributed by atoms with Crippen molar-refractivity contribution >= 4 is 34.1 Å². The number of ether oxygens (including phenoxy) is 1. The third kappa shape index (κ3) is 5.28. The van der Waals surface area contributed by atoms with Crippen LogP contribution in [0, 0.1) is 0 Å². The van der Waals surface area contributed by atoms with Crippen molar-refractivity contribution in [2.24, 2.45) is 0 Å². The summed E-state index contributed by atoms with van der Waals surface area (Å²) in [5.41, 5.74) is 3.62. The van der Waals surface area contributed by atoms with Gasteiger partial charge in [0.15, 0.2) is 5.13 Å². The maximum atomic E-state index is 12.7. The molecule has 0 spiro atoms. The lowest BCUT2D eigenvalue weighted by atomic mass is 10.1. The average Bonchev–Trinajstić information content (AvgIpc) is 3.28. The highest BCUT2D eigenvalue weighted by Crippen LogP contribution is 2.28. The number of anilines is 1. The second-order valence-corrected chi connectivity index (χ2v) is 8.84. The summed E-state index contributed by atoms with van der Waals surface area (Å²) in [6, 6.07) is 19.4. The Hall–Kier alpha value is -3.23. The van der Waals surface area contributed by atoms with Gasteiger partial charge in [-0.15, -0.1) is 11.3 Å². The van der Waals surface area contributed by atoms with Crippen molar-refractivity contribution in [2.75, 3.05) is 12.4 Å². The van der Waals surface area contributed by atoms with Crippen LogP contribution < -0.4 is 10.1 Å². The Bertz CT molecular complexity index is 1160. The van der Waals surface area contributed by atoms with E-state index in [2.05, 4.69) is 20.3 Å². The van der Waals surface area contributed by atoms with Crippen molar-refractivity contribution < 1.29 is 9.53 Å². The van der Waals surface area contributed by atoms with E-state index in [0.29, 0.717) is 5.13 Å². The first-order valence-electron chi connectivity index (χ1n) is 9.57. The fourth-order valence-corrected chi connectivity index (χ4v) is 4.38. The zero-order chi connectivity index (χ0) is 21.6. The molecule has 156 valence electrons. The fraction of sp³-hybridized carbons (Fsp3) is 0.130. The van der Waals surface area contributed by atoms with Crippen LogP contribution in [0.1, 0.15) is 6.92 Å². The van der Waals surface area contributed by atoms with Crippen molar-refractivity contribution in [3.63, 3.8) is 0 Å². The molecule has 0 fully saturated rings. The molecule has 0 radical (unpaired) electrons. The van der Waals surface area contributed by atoms with Crippen LogP contribution in [0.2, 0.25) is 0 Å². The van der Waals surface area contributed by atoms with E-state index in [4.69, 9.17) is 4.74 Å². The number of rotatable bonds is 7. The number of hydrogen-bond donors (Lipinski definition) is 1. The van der Waals surface area contributed by atoms with Gasteiger partial charge in [0.2, 0.25) is 5.91 Å². The predicted molar refractivity (Wildman–Crippen MR) is 126 cm³/mol. The number of amides is 1. The Kier molecular flexibility index (Phi) is 6.59. The van der Waals surface area contributed by atoms with E-state index in [9.17, 15) is 4.79 Å². The minimum absolute atomic E-state index is 0.125. The van der Waals surface area contributed by atoms with Crippen molar-refractivity contribution in [2.45, 2.75) is 17.2 Å². The molecule has 0 saturated heterocycles. The fourth-order valence-electron chi connectivity index (χ4n) is 2.84. The molecule has 31 heavy (non-hydrogen) atoms. The molecule has 0 aliphatic rings. The SMILES string of the molecule is COc1ccc(-c2csc(NC(=O)C(C)Sc3cc(-c4ccccc4)ncn3)n2)cc1. The molecule has 0 aliphatic carbocycles. The molecule has 1 unspecified atom stereocenters. The molecule has 4 rings (SSSR count). The number of carbonyl (C=O) groups is 1. The van der Waals surface area contributed by atoms with Gasteiger partial charge in [-0.05, 0) is 37.3 Å². The van der Waals surface area contributed by atoms with Gasteiger partial charge in [-0.3, -0.25) is 4.79 Å². The number of thioether (sulfide) groups is 1. The topological polar surface area (TPSA) is 77.0 Å². The average molecular weight is 449 g/mol. The van der Waals surface area contributed by atoms with E-state index in [1.807, 2.05) is 73.0 Å². The monoisotopic (exact) mass is 448 g/mol. The molecule has 2 aromatic carbocycles. The molecular weight excluding hydrogens is 428 g/mol. The number of nitrogens with zero attached hydrogens (tertiary/aromatic N) is 3. The molecule has 1 atom stereocenters. The van der Waals surface area contributed by atoms with Crippen LogP contribution in [-0.2, 0) is 4.79 Å². The van der Waals surface area contributed by atoms with Gasteiger partial charge in [-0.25, -0.2) is 15.0 Å². The normalized spacial score (nSPS) is 11.7. The number of thiazole rings is 1. The summed E-state index contributed by atoms with van der Waals surface area (Å²) in [6.45, 7) is 1.85. The van der Waals surface area contributed by atoms with E-state index in [1.54, 1.807) is 7.11 Å². The van der Waals surface area contributed by atoms with E-state index in [1.165, 1.54) is 29.4 Å². The van der Waals surface area contributed by atoms with Crippen LogP contribution in [0.4, 0.5) is 5.13 Å². The predicted octanol–water partition coefficient (Wildman–Crippen LogP) is 5.40. The highest BCUT2D eigenvalue weighted by Gasteiger charge is 2.17. The van der Waals surface area contributed by atoms with Crippen LogP contribution in [0.15, 0.2) is 77.4 Å². The Morgan fingerprint density at radius 3 is 2.52 bits per heavy atom. The molecule has 1 N–H and O–H groups in total. The van der Waals surface area contributed by atoms with Gasteiger partial charge in [0, 0.05) is 16.5 Å². The Labute approximate surface area is 188 Å². The van der Waals surface area contributed by atoms with Gasteiger partial charge in [0.05, 0.1) is 23.7 Å². The number of methoxy groups -OCH3 is 1. The summed E-state index contributed by atoms with van der Waals surface area (Å²) >= 11 is 2.78. The van der Waals surface area contributed by atoms with Crippen molar-refractivity contribution in [3.05, 3.63) is 72.4 Å². The van der Waals surface area contributed by atoms with Gasteiger partial charge >= 0.3 is 0 Å². The third-order valence-corrected chi connectivity index (χ3v) is 6.29. The zero-order valence-corrected chi connectivity index (χ0v) is 18.6. The minimum Gasteiger partial charge on any atom is -0.497 e. The van der Waals surface area contributed by atoms with Crippen LogP contribution >= 0.6 is 23.1 Å². The van der Waals surface area contributed by atoms with Crippen LogP contribution in [0.5, 0.6) is 5.75 Å². The second kappa shape index (κ2) is 9.72. The number of nitrogens with one attached hydrogen (secondary N) is 1. The molecule has 6 nitrogen and oxygen atoms in total. The van der Waals surface area contributed by atoms with E-state index in [0.717, 1.165) is 33.3 Å². The van der Waals surface area contributed by atoms with Crippen LogP contribution in [0.25, 0.3) is 22.5 Å². The zero-order valence-electron chi connectivity index (χ0n) is 17.0. The van der Waals surface area contributed by atoms with Gasteiger partial charge in [0.25, 0.3) is 0 Å². The molecule has 0 aliphatic heterocycles. The highest BCUT2D eigenvalue weighted by molar-refractivity contribution is 8.00. The van der Waals surface area contributed by atoms with E-state index >= 15 is 0 Å². The van der Waals surface area contributed by atoms with Gasteiger partial charge in [-0.2, -0.15) is 0 Å². The largest absolute Gasteiger partial charge is 0.497 e. The number of carbonyl (C=O) groups excluding carboxylic acids is 1. The Balaban J connectivity index is 1.40. The van der Waals surface area contributed by atoms with Crippen LogP contribution in [-0.4, -0.2) is 33.2 Å². The lowest BCUT2D eigenvalue weighted by Gasteiger charge is -2.10. The first kappa shape index (κ1) is 21.0. The van der Waals surface area contributed by atoms with Crippen molar-refractivity contribution in [1.29, 1.82) is 0 Å². The summed E-state index contributed by atoms with van der Waals surface area (Å²) in [6.07, 6.45) is 1.53. The molecule has 2 heterocycles. The van der Waals surface area contributed by atoms with Crippen molar-refractivity contribution in [1.82, 2.24) is 15.0 Å². The lowest BCUT2D eigenvalue weighted by Crippen LogP contribution is -2.22. The molecule has 0 bridgehead atoms. The second-order valence-electron chi connectivity index (χ2n) is 6.62. The highest BCUT2D eigenvalue weighted by atomic mass is 32.2. The molecule has 4 aromatic rings. The maximum Gasteiger partial charge on any atom is 0.239 e. The number of benzene rings is 2. The first-order chi connectivity index (χ1) is 15.1. The molecule has 2 aromatic heterocycles. The summed E-state index contributed by atoms with van der Waals surface area (Å²) in [5, 5.41) is 5.79. The maximum absolute atomic E-state index is 12.7. The minimum atomic E-state index is -0.341. The molecular formula is C23H20N4O2S2. The summed E-state index contributed by atoms with van der Waals surface area (Å²) in [4.78, 5) is 25.8. The van der Waals surface area contributed by atoms with Gasteiger partial charge < -0.3 is 10.1 Å². The summed E-state index contributed by atoms with van der Waals surface area (Å²) < 4.78 is 5.18. The quantitative estimate of drug-likeness (QED) is 0.301. The number of aromatic nitrogens is 3. The summed E-state index contributed by atoms with van der Waals surface area (Å²) in [5.74, 6) is 0.666. The lowest BCUT2D eigenvalue weighted by molar-refractivity contribution is -0.115. The van der Waals surface area contributed by atoms with E-state index < -0.39 is 0 Å². The molecule has 1 amide bonds. The Morgan fingerprint density at radius 1 is 1.03 bits per heavy atom. The smallest absolute Gasteiger partial charge is 0.239 e. The molecule has 8 heteroatoms. The van der Waals surface area contributed by atoms with E-state index in [-0.39, 0.29) is 11.2 Å². The third-order valence-electron chi connectivity index (χ3n) is 4.50. The number of hydrogen-bond acceptors (Lipinski definition) is 7. The first-order valence-corrected chi connectivity index (χ1v) is 11.3. The van der Waals surface area contributed by atoms with Gasteiger partial charge in [0.1, 0.15) is 17.1 Å². The standard InChI is InChI=1S/C23H20N4O2S2/c1-15(31-21-12-19(24-14-25-21)16-6-4-3-5-7-16)22(28)27-23-26-20(13-30-23)17-8-10-18(29-2)11-9-17/h3-15H,1-2H3,(H,26,27,28). The summed E-state index contributed by atoms with van der Waals surface area (Å²) in [7, 11) is 1.63. The van der Waals surface area contributed by atoms with Gasteiger partial charge in [-0.1, -0.05) is 42.1 Å². The van der Waals surface area contributed by atoms with Crippen LogP contribution in [0.3, 0.4) is 0 Å². The molecule has 0 saturated carbocycles. The Morgan fingerprint density at radius 2 is 1.77 bits per heavy atom.